The van der Waals surface area contributed by atoms with Crippen molar-refractivity contribution in [1.29, 1.82) is 0 Å². The Labute approximate surface area is 119 Å². The van der Waals surface area contributed by atoms with Crippen LogP contribution in [0.15, 0.2) is 18.2 Å². The Morgan fingerprint density at radius 2 is 2.20 bits per heavy atom. The number of rotatable bonds is 7. The minimum absolute atomic E-state index is 0.0282. The second-order valence-electron chi connectivity index (χ2n) is 5.05. The first kappa shape index (κ1) is 14.7. The number of amides is 1. The van der Waals surface area contributed by atoms with Crippen molar-refractivity contribution >= 4 is 11.6 Å². The molecule has 1 aromatic rings. The Morgan fingerprint density at radius 3 is 2.80 bits per heavy atom. The first-order chi connectivity index (χ1) is 9.63. The Bertz CT molecular complexity index is 472. The van der Waals surface area contributed by atoms with E-state index >= 15 is 0 Å². The van der Waals surface area contributed by atoms with E-state index in [-0.39, 0.29) is 11.9 Å². The van der Waals surface area contributed by atoms with E-state index in [4.69, 9.17) is 15.2 Å². The largest absolute Gasteiger partial charge is 0.493 e. The molecule has 1 unspecified atom stereocenters. The predicted octanol–water partition coefficient (Wildman–Crippen LogP) is 2.16. The van der Waals surface area contributed by atoms with Crippen molar-refractivity contribution in [2.45, 2.75) is 32.2 Å². The number of anilines is 1. The summed E-state index contributed by atoms with van der Waals surface area (Å²) in [5.41, 5.74) is 6.64. The van der Waals surface area contributed by atoms with Gasteiger partial charge in [-0.05, 0) is 37.8 Å². The number of benzene rings is 1. The lowest BCUT2D eigenvalue weighted by molar-refractivity contribution is -0.116. The van der Waals surface area contributed by atoms with Gasteiger partial charge < -0.3 is 20.5 Å². The number of ether oxygens (including phenoxy) is 2. The van der Waals surface area contributed by atoms with Gasteiger partial charge in [0, 0.05) is 24.2 Å². The van der Waals surface area contributed by atoms with Crippen LogP contribution in [0.5, 0.6) is 11.5 Å². The minimum atomic E-state index is -0.0596. The van der Waals surface area contributed by atoms with E-state index < -0.39 is 0 Å². The van der Waals surface area contributed by atoms with E-state index in [1.807, 2.05) is 6.92 Å². The molecule has 1 aromatic carbocycles. The summed E-state index contributed by atoms with van der Waals surface area (Å²) in [5, 5.41) is 2.85. The van der Waals surface area contributed by atoms with Crippen LogP contribution in [-0.4, -0.2) is 25.7 Å². The van der Waals surface area contributed by atoms with E-state index in [2.05, 4.69) is 5.32 Å². The molecule has 0 aromatic heterocycles. The average Bonchev–Trinajstić information content (AvgIpc) is 3.25. The average molecular weight is 278 g/mol. The lowest BCUT2D eigenvalue weighted by Crippen LogP contribution is -2.28. The van der Waals surface area contributed by atoms with E-state index in [1.54, 1.807) is 25.3 Å². The molecule has 0 heterocycles. The van der Waals surface area contributed by atoms with Crippen LogP contribution in [0.3, 0.4) is 0 Å². The fourth-order valence-corrected chi connectivity index (χ4v) is 2.14. The Kier molecular flexibility index (Phi) is 4.84. The SMILES string of the molecule is CCOc1ccc(NC(=O)CC(N)C2CC2)cc1OC. The summed E-state index contributed by atoms with van der Waals surface area (Å²) in [6.45, 7) is 2.48. The summed E-state index contributed by atoms with van der Waals surface area (Å²) < 4.78 is 10.7. The molecule has 0 radical (unpaired) electrons. The van der Waals surface area contributed by atoms with Crippen LogP contribution in [0.2, 0.25) is 0 Å². The molecule has 1 aliphatic rings. The van der Waals surface area contributed by atoms with E-state index in [0.717, 1.165) is 12.8 Å². The molecular weight excluding hydrogens is 256 g/mol. The molecule has 0 saturated heterocycles. The molecule has 110 valence electrons. The summed E-state index contributed by atoms with van der Waals surface area (Å²) in [6.07, 6.45) is 2.65. The Morgan fingerprint density at radius 1 is 1.45 bits per heavy atom. The quantitative estimate of drug-likeness (QED) is 0.801. The lowest BCUT2D eigenvalue weighted by Gasteiger charge is -2.13. The number of hydrogen-bond donors (Lipinski definition) is 2. The van der Waals surface area contributed by atoms with Crippen molar-refractivity contribution in [2.24, 2.45) is 11.7 Å². The number of carbonyl (C=O) groups excluding carboxylic acids is 1. The van der Waals surface area contributed by atoms with Crippen LogP contribution in [-0.2, 0) is 4.79 Å². The van der Waals surface area contributed by atoms with Gasteiger partial charge in [-0.1, -0.05) is 0 Å². The summed E-state index contributed by atoms with van der Waals surface area (Å²) in [7, 11) is 1.58. The van der Waals surface area contributed by atoms with Crippen molar-refractivity contribution in [2.75, 3.05) is 19.0 Å². The fourth-order valence-electron chi connectivity index (χ4n) is 2.14. The molecule has 0 spiro atoms. The molecule has 20 heavy (non-hydrogen) atoms. The van der Waals surface area contributed by atoms with Gasteiger partial charge in [0.15, 0.2) is 11.5 Å². The molecule has 1 aliphatic carbocycles. The number of nitrogens with one attached hydrogen (secondary N) is 1. The van der Waals surface area contributed by atoms with Crippen molar-refractivity contribution in [1.82, 2.24) is 0 Å². The lowest BCUT2D eigenvalue weighted by atomic mass is 10.1. The van der Waals surface area contributed by atoms with Crippen LogP contribution < -0.4 is 20.5 Å². The highest BCUT2D eigenvalue weighted by Crippen LogP contribution is 2.33. The summed E-state index contributed by atoms with van der Waals surface area (Å²) in [5.74, 6) is 1.74. The first-order valence-electron chi connectivity index (χ1n) is 7.00. The Balaban J connectivity index is 1.96. The van der Waals surface area contributed by atoms with E-state index in [9.17, 15) is 4.79 Å². The highest BCUT2D eigenvalue weighted by molar-refractivity contribution is 5.91. The van der Waals surface area contributed by atoms with Crippen LogP contribution in [0.1, 0.15) is 26.2 Å². The fraction of sp³-hybridized carbons (Fsp3) is 0.533. The van der Waals surface area contributed by atoms with Gasteiger partial charge in [0.05, 0.1) is 13.7 Å². The standard InChI is InChI=1S/C15H22N2O3/c1-3-20-13-7-6-11(8-14(13)19-2)17-15(18)9-12(16)10-4-5-10/h6-8,10,12H,3-5,9,16H2,1-2H3,(H,17,18). The molecule has 5 heteroatoms. The molecule has 2 rings (SSSR count). The predicted molar refractivity (Wildman–Crippen MR) is 78.1 cm³/mol. The smallest absolute Gasteiger partial charge is 0.225 e. The van der Waals surface area contributed by atoms with Gasteiger partial charge in [-0.3, -0.25) is 4.79 Å². The number of nitrogens with two attached hydrogens (primary N) is 1. The third kappa shape index (κ3) is 3.87. The number of hydrogen-bond acceptors (Lipinski definition) is 4. The second-order valence-corrected chi connectivity index (χ2v) is 5.05. The van der Waals surface area contributed by atoms with Crippen molar-refractivity contribution in [3.05, 3.63) is 18.2 Å². The zero-order chi connectivity index (χ0) is 14.5. The van der Waals surface area contributed by atoms with Crippen LogP contribution >= 0.6 is 0 Å². The normalized spacial score (nSPS) is 15.6. The molecule has 1 fully saturated rings. The monoisotopic (exact) mass is 278 g/mol. The maximum atomic E-state index is 11.9. The molecule has 3 N–H and O–H groups in total. The van der Waals surface area contributed by atoms with Crippen LogP contribution in [0.25, 0.3) is 0 Å². The van der Waals surface area contributed by atoms with Crippen molar-refractivity contribution in [3.8, 4) is 11.5 Å². The van der Waals surface area contributed by atoms with Gasteiger partial charge in [0.25, 0.3) is 0 Å². The van der Waals surface area contributed by atoms with Gasteiger partial charge in [0.2, 0.25) is 5.91 Å². The zero-order valence-corrected chi connectivity index (χ0v) is 12.0. The molecule has 1 atom stereocenters. The van der Waals surface area contributed by atoms with E-state index in [0.29, 0.717) is 36.1 Å². The third-order valence-corrected chi connectivity index (χ3v) is 3.40. The van der Waals surface area contributed by atoms with Gasteiger partial charge in [-0.2, -0.15) is 0 Å². The van der Waals surface area contributed by atoms with Gasteiger partial charge in [-0.15, -0.1) is 0 Å². The highest BCUT2D eigenvalue weighted by Gasteiger charge is 2.29. The molecule has 5 nitrogen and oxygen atoms in total. The van der Waals surface area contributed by atoms with Gasteiger partial charge >= 0.3 is 0 Å². The highest BCUT2D eigenvalue weighted by atomic mass is 16.5. The molecule has 0 aliphatic heterocycles. The molecule has 0 bridgehead atoms. The molecular formula is C15H22N2O3. The third-order valence-electron chi connectivity index (χ3n) is 3.40. The topological polar surface area (TPSA) is 73.6 Å². The first-order valence-corrected chi connectivity index (χ1v) is 7.00. The number of carbonyl (C=O) groups is 1. The Hall–Kier alpha value is -1.75. The maximum absolute atomic E-state index is 11.9. The second kappa shape index (κ2) is 6.61. The number of methoxy groups -OCH3 is 1. The van der Waals surface area contributed by atoms with Crippen molar-refractivity contribution < 1.29 is 14.3 Å². The van der Waals surface area contributed by atoms with Crippen LogP contribution in [0, 0.1) is 5.92 Å². The molecule has 1 saturated carbocycles. The van der Waals surface area contributed by atoms with Gasteiger partial charge in [0.1, 0.15) is 0 Å². The van der Waals surface area contributed by atoms with Crippen LogP contribution in [0.4, 0.5) is 5.69 Å². The maximum Gasteiger partial charge on any atom is 0.225 e. The zero-order valence-electron chi connectivity index (χ0n) is 12.0. The summed E-state index contributed by atoms with van der Waals surface area (Å²) in [4.78, 5) is 11.9. The van der Waals surface area contributed by atoms with E-state index in [1.165, 1.54) is 0 Å². The minimum Gasteiger partial charge on any atom is -0.493 e. The molecule has 1 amide bonds. The summed E-state index contributed by atoms with van der Waals surface area (Å²) in [6, 6.07) is 5.32. The summed E-state index contributed by atoms with van der Waals surface area (Å²) >= 11 is 0. The van der Waals surface area contributed by atoms with Crippen molar-refractivity contribution in [3.63, 3.8) is 0 Å². The van der Waals surface area contributed by atoms with Gasteiger partial charge in [-0.25, -0.2) is 0 Å².